The number of allylic oxidation sites excluding steroid dienone is 3. The Morgan fingerprint density at radius 3 is 2.57 bits per heavy atom. The normalized spacial score (nSPS) is 13.5. The van der Waals surface area contributed by atoms with Gasteiger partial charge in [0, 0.05) is 5.56 Å². The van der Waals surface area contributed by atoms with E-state index >= 15 is 0 Å². The van der Waals surface area contributed by atoms with Crippen molar-refractivity contribution in [3.63, 3.8) is 0 Å². The topological polar surface area (TPSA) is 65.2 Å². The molecule has 1 aliphatic carbocycles. The second-order valence-electron chi connectivity index (χ2n) is 5.11. The molecule has 1 aromatic heterocycles. The van der Waals surface area contributed by atoms with Crippen LogP contribution in [-0.2, 0) is 0 Å². The highest BCUT2D eigenvalue weighted by Crippen LogP contribution is 2.26. The van der Waals surface area contributed by atoms with Crippen molar-refractivity contribution in [2.45, 2.75) is 12.8 Å². The lowest BCUT2D eigenvalue weighted by Crippen LogP contribution is -2.13. The molecule has 1 heterocycles. The number of aromatic nitrogens is 1. The van der Waals surface area contributed by atoms with Gasteiger partial charge in [0.15, 0.2) is 0 Å². The molecule has 0 unspecified atom stereocenters. The number of carbonyl (C=O) groups is 1. The third-order valence-electron chi connectivity index (χ3n) is 3.45. The summed E-state index contributed by atoms with van der Waals surface area (Å²) in [6, 6.07) is 10.4. The van der Waals surface area contributed by atoms with E-state index < -0.39 is 5.91 Å². The molecular weight excluding hydrogens is 312 g/mol. The highest BCUT2D eigenvalue weighted by atomic mass is 35.5. The monoisotopic (exact) mass is 326 g/mol. The maximum Gasteiger partial charge on any atom is 0.250 e. The molecule has 0 atom stereocenters. The van der Waals surface area contributed by atoms with Gasteiger partial charge in [-0.05, 0) is 61.4 Å². The van der Waals surface area contributed by atoms with Crippen molar-refractivity contribution in [3.05, 3.63) is 71.1 Å². The highest BCUT2D eigenvalue weighted by Gasteiger charge is 2.12. The zero-order chi connectivity index (χ0) is 16.2. The van der Waals surface area contributed by atoms with Crippen molar-refractivity contribution in [2.24, 2.45) is 5.73 Å². The first kappa shape index (κ1) is 15.3. The number of halogens is 1. The van der Waals surface area contributed by atoms with Gasteiger partial charge < -0.3 is 10.5 Å². The van der Waals surface area contributed by atoms with Crippen molar-refractivity contribution < 1.29 is 9.53 Å². The summed E-state index contributed by atoms with van der Waals surface area (Å²) in [6.45, 7) is 0. The molecule has 0 saturated carbocycles. The molecule has 4 nitrogen and oxygen atoms in total. The van der Waals surface area contributed by atoms with Crippen LogP contribution in [0.4, 0.5) is 0 Å². The fourth-order valence-electron chi connectivity index (χ4n) is 2.34. The van der Waals surface area contributed by atoms with Crippen LogP contribution in [0.15, 0.2) is 60.4 Å². The van der Waals surface area contributed by atoms with E-state index in [0.717, 1.165) is 24.2 Å². The third-order valence-corrected chi connectivity index (χ3v) is 3.66. The van der Waals surface area contributed by atoms with Gasteiger partial charge in [0.1, 0.15) is 16.7 Å². The minimum absolute atomic E-state index is 0.308. The Kier molecular flexibility index (Phi) is 4.44. The smallest absolute Gasteiger partial charge is 0.250 e. The number of ether oxygens (including phenoxy) is 1. The van der Waals surface area contributed by atoms with Gasteiger partial charge in [0.25, 0.3) is 5.91 Å². The van der Waals surface area contributed by atoms with Gasteiger partial charge in [-0.15, -0.1) is 0 Å². The molecule has 2 aromatic rings. The minimum atomic E-state index is -0.540. The van der Waals surface area contributed by atoms with Gasteiger partial charge in [0.2, 0.25) is 0 Å². The molecule has 1 amide bonds. The second kappa shape index (κ2) is 6.67. The van der Waals surface area contributed by atoms with E-state index in [1.165, 1.54) is 0 Å². The van der Waals surface area contributed by atoms with Crippen molar-refractivity contribution in [1.29, 1.82) is 0 Å². The number of nitrogens with two attached hydrogens (primary N) is 1. The number of pyridine rings is 1. The maximum atomic E-state index is 11.5. The molecule has 0 fully saturated rings. The predicted octanol–water partition coefficient (Wildman–Crippen LogP) is 4.11. The van der Waals surface area contributed by atoms with Crippen molar-refractivity contribution >= 4 is 17.5 Å². The number of amides is 1. The number of nitrogens with zero attached hydrogens (tertiary/aromatic N) is 1. The second-order valence-corrected chi connectivity index (χ2v) is 5.49. The lowest BCUT2D eigenvalue weighted by Gasteiger charge is -2.11. The summed E-state index contributed by atoms with van der Waals surface area (Å²) in [6.07, 6.45) is 8.12. The third kappa shape index (κ3) is 3.60. The Morgan fingerprint density at radius 1 is 1.13 bits per heavy atom. The highest BCUT2D eigenvalue weighted by molar-refractivity contribution is 6.29. The van der Waals surface area contributed by atoms with E-state index in [-0.39, 0.29) is 0 Å². The van der Waals surface area contributed by atoms with Gasteiger partial charge in [-0.2, -0.15) is 0 Å². The summed E-state index contributed by atoms with van der Waals surface area (Å²) in [5.41, 5.74) is 6.95. The lowest BCUT2D eigenvalue weighted by atomic mass is 10.1. The van der Waals surface area contributed by atoms with Gasteiger partial charge in [-0.1, -0.05) is 17.7 Å². The van der Waals surface area contributed by atoms with Crippen LogP contribution < -0.4 is 10.5 Å². The van der Waals surface area contributed by atoms with Crippen LogP contribution in [0.2, 0.25) is 5.15 Å². The standard InChI is InChI=1S/C18H15ClN2O2/c19-16-11-10-15(18(20)22)17(21-16)12-6-8-14(9-7-12)23-13-4-2-1-3-5-13/h2,4-11H,1,3H2,(H2,20,22). The Morgan fingerprint density at radius 2 is 1.91 bits per heavy atom. The minimum Gasteiger partial charge on any atom is -0.458 e. The molecule has 0 radical (unpaired) electrons. The molecule has 0 aliphatic heterocycles. The van der Waals surface area contributed by atoms with E-state index in [1.54, 1.807) is 12.1 Å². The van der Waals surface area contributed by atoms with E-state index in [1.807, 2.05) is 30.3 Å². The Labute approximate surface area is 139 Å². The van der Waals surface area contributed by atoms with Crippen LogP contribution in [0.5, 0.6) is 5.75 Å². The van der Waals surface area contributed by atoms with Crippen LogP contribution in [0, 0.1) is 0 Å². The summed E-state index contributed by atoms with van der Waals surface area (Å²) in [4.78, 5) is 15.7. The largest absolute Gasteiger partial charge is 0.458 e. The van der Waals surface area contributed by atoms with Crippen LogP contribution in [-0.4, -0.2) is 10.9 Å². The Bertz CT molecular complexity index is 795. The zero-order valence-electron chi connectivity index (χ0n) is 12.3. The first-order valence-corrected chi connectivity index (χ1v) is 7.62. The molecule has 0 bridgehead atoms. The number of rotatable bonds is 4. The number of carbonyl (C=O) groups excluding carboxylic acids is 1. The molecular formula is C18H15ClN2O2. The fraction of sp³-hybridized carbons (Fsp3) is 0.111. The summed E-state index contributed by atoms with van der Waals surface area (Å²) in [7, 11) is 0. The molecule has 5 heteroatoms. The van der Waals surface area contributed by atoms with Gasteiger partial charge in [0.05, 0.1) is 11.3 Å². The molecule has 2 N–H and O–H groups in total. The number of hydrogen-bond donors (Lipinski definition) is 1. The number of primary amides is 1. The lowest BCUT2D eigenvalue weighted by molar-refractivity contribution is 0.100. The van der Waals surface area contributed by atoms with E-state index in [2.05, 4.69) is 17.1 Å². The molecule has 1 aliphatic rings. The van der Waals surface area contributed by atoms with Crippen molar-refractivity contribution in [1.82, 2.24) is 4.98 Å². The molecule has 0 spiro atoms. The molecule has 1 aromatic carbocycles. The van der Waals surface area contributed by atoms with Crippen LogP contribution in [0.25, 0.3) is 11.3 Å². The Balaban J connectivity index is 1.88. The van der Waals surface area contributed by atoms with Crippen LogP contribution in [0.3, 0.4) is 0 Å². The first-order valence-electron chi connectivity index (χ1n) is 7.25. The van der Waals surface area contributed by atoms with Gasteiger partial charge in [-0.3, -0.25) is 4.79 Å². The van der Waals surface area contributed by atoms with Crippen molar-refractivity contribution in [2.75, 3.05) is 0 Å². The Hall–Kier alpha value is -2.59. The van der Waals surface area contributed by atoms with Gasteiger partial charge in [-0.25, -0.2) is 4.98 Å². The maximum absolute atomic E-state index is 11.5. The van der Waals surface area contributed by atoms with Gasteiger partial charge >= 0.3 is 0 Å². The first-order chi connectivity index (χ1) is 11.1. The quantitative estimate of drug-likeness (QED) is 0.860. The van der Waals surface area contributed by atoms with E-state index in [4.69, 9.17) is 22.1 Å². The SMILES string of the molecule is NC(=O)c1ccc(Cl)nc1-c1ccc(OC2=CCCC=C2)cc1. The predicted molar refractivity (Wildman–Crippen MR) is 90.3 cm³/mol. The average molecular weight is 327 g/mol. The molecule has 23 heavy (non-hydrogen) atoms. The average Bonchev–Trinajstić information content (AvgIpc) is 2.56. The summed E-state index contributed by atoms with van der Waals surface area (Å²) >= 11 is 5.93. The van der Waals surface area contributed by atoms with E-state index in [0.29, 0.717) is 22.2 Å². The van der Waals surface area contributed by atoms with Crippen LogP contribution >= 0.6 is 11.6 Å². The summed E-state index contributed by atoms with van der Waals surface area (Å²) in [5.74, 6) is 1.01. The number of benzene rings is 1. The zero-order valence-corrected chi connectivity index (χ0v) is 13.1. The van der Waals surface area contributed by atoms with E-state index in [9.17, 15) is 4.79 Å². The molecule has 0 saturated heterocycles. The van der Waals surface area contributed by atoms with Crippen LogP contribution in [0.1, 0.15) is 23.2 Å². The molecule has 116 valence electrons. The van der Waals surface area contributed by atoms with Crippen molar-refractivity contribution in [3.8, 4) is 17.0 Å². The fourth-order valence-corrected chi connectivity index (χ4v) is 2.48. The molecule has 3 rings (SSSR count). The summed E-state index contributed by atoms with van der Waals surface area (Å²) in [5, 5.41) is 0.308. The summed E-state index contributed by atoms with van der Waals surface area (Å²) < 4.78 is 5.78. The number of hydrogen-bond acceptors (Lipinski definition) is 3.